The van der Waals surface area contributed by atoms with Crippen LogP contribution >= 0.6 is 0 Å². The van der Waals surface area contributed by atoms with Crippen molar-refractivity contribution >= 4 is 5.97 Å². The summed E-state index contributed by atoms with van der Waals surface area (Å²) in [6, 6.07) is 7.00. The summed E-state index contributed by atoms with van der Waals surface area (Å²) >= 11 is 0. The van der Waals surface area contributed by atoms with Crippen molar-refractivity contribution in [2.75, 3.05) is 6.61 Å². The number of esters is 1. The fourth-order valence-electron chi connectivity index (χ4n) is 3.05. The number of aryl methyl sites for hydroxylation is 1. The number of nitrogens with one attached hydrogen (secondary N) is 1. The first kappa shape index (κ1) is 16.0. The topological polar surface area (TPSA) is 38.3 Å². The van der Waals surface area contributed by atoms with Crippen molar-refractivity contribution in [3.63, 3.8) is 0 Å². The molecule has 1 aliphatic carbocycles. The van der Waals surface area contributed by atoms with Crippen molar-refractivity contribution in [1.82, 2.24) is 5.32 Å². The average molecular weight is 289 g/mol. The van der Waals surface area contributed by atoms with Gasteiger partial charge in [-0.3, -0.25) is 4.79 Å². The van der Waals surface area contributed by atoms with Gasteiger partial charge in [-0.1, -0.05) is 18.2 Å². The van der Waals surface area contributed by atoms with Gasteiger partial charge < -0.3 is 10.1 Å². The Morgan fingerprint density at radius 3 is 2.62 bits per heavy atom. The Labute approximate surface area is 128 Å². The number of carbonyl (C=O) groups is 1. The maximum Gasteiger partial charge on any atom is 0.308 e. The zero-order valence-corrected chi connectivity index (χ0v) is 13.4. The lowest BCUT2D eigenvalue weighted by molar-refractivity contribution is -0.149. The van der Waals surface area contributed by atoms with Gasteiger partial charge in [-0.15, -0.1) is 0 Å². The number of ether oxygens (including phenoxy) is 1. The van der Waals surface area contributed by atoms with E-state index in [9.17, 15) is 4.79 Å². The number of hydrogen-bond acceptors (Lipinski definition) is 3. The van der Waals surface area contributed by atoms with Crippen molar-refractivity contribution in [3.05, 3.63) is 34.9 Å². The fraction of sp³-hybridized carbons (Fsp3) is 0.611. The summed E-state index contributed by atoms with van der Waals surface area (Å²) in [5, 5.41) is 3.65. The van der Waals surface area contributed by atoms with Gasteiger partial charge in [0.1, 0.15) is 0 Å². The molecule has 1 N–H and O–H groups in total. The van der Waals surface area contributed by atoms with E-state index in [1.165, 1.54) is 16.7 Å². The summed E-state index contributed by atoms with van der Waals surface area (Å²) in [7, 11) is 0. The normalized spacial score (nSPS) is 22.0. The lowest BCUT2D eigenvalue weighted by Gasteiger charge is -2.28. The Morgan fingerprint density at radius 1 is 1.24 bits per heavy atom. The minimum absolute atomic E-state index is 0.00882. The van der Waals surface area contributed by atoms with E-state index < -0.39 is 0 Å². The van der Waals surface area contributed by atoms with E-state index in [0.29, 0.717) is 12.6 Å². The molecule has 1 fully saturated rings. The molecule has 0 spiro atoms. The Bertz CT molecular complexity index is 476. The van der Waals surface area contributed by atoms with Gasteiger partial charge in [0.25, 0.3) is 0 Å². The van der Waals surface area contributed by atoms with Gasteiger partial charge in [-0.05, 0) is 63.1 Å². The van der Waals surface area contributed by atoms with E-state index in [1.54, 1.807) is 0 Å². The first-order valence-corrected chi connectivity index (χ1v) is 8.07. The molecule has 1 saturated carbocycles. The van der Waals surface area contributed by atoms with E-state index in [1.807, 2.05) is 6.92 Å². The quantitative estimate of drug-likeness (QED) is 0.843. The molecule has 0 aromatic heterocycles. The van der Waals surface area contributed by atoms with Crippen LogP contribution in [0.1, 0.15) is 49.3 Å². The van der Waals surface area contributed by atoms with Crippen LogP contribution in [0.4, 0.5) is 0 Å². The predicted molar refractivity (Wildman–Crippen MR) is 85.1 cm³/mol. The minimum Gasteiger partial charge on any atom is -0.466 e. The van der Waals surface area contributed by atoms with Gasteiger partial charge in [-0.25, -0.2) is 0 Å². The monoisotopic (exact) mass is 289 g/mol. The highest BCUT2D eigenvalue weighted by atomic mass is 16.5. The van der Waals surface area contributed by atoms with E-state index in [-0.39, 0.29) is 11.9 Å². The number of rotatable bonds is 5. The van der Waals surface area contributed by atoms with Gasteiger partial charge in [0, 0.05) is 12.6 Å². The number of carbonyl (C=O) groups excluding carboxylic acids is 1. The molecule has 1 aromatic rings. The smallest absolute Gasteiger partial charge is 0.308 e. The molecule has 0 radical (unpaired) electrons. The zero-order chi connectivity index (χ0) is 15.2. The predicted octanol–water partition coefficient (Wildman–Crippen LogP) is 3.51. The molecule has 1 aromatic carbocycles. The van der Waals surface area contributed by atoms with Crippen LogP contribution in [0, 0.1) is 19.8 Å². The number of hydrogen-bond donors (Lipinski definition) is 1. The van der Waals surface area contributed by atoms with Gasteiger partial charge in [0.2, 0.25) is 0 Å². The molecule has 0 heterocycles. The zero-order valence-electron chi connectivity index (χ0n) is 13.4. The Morgan fingerprint density at radius 2 is 1.95 bits per heavy atom. The molecule has 2 rings (SSSR count). The van der Waals surface area contributed by atoms with Crippen LogP contribution in [0.15, 0.2) is 18.2 Å². The first-order chi connectivity index (χ1) is 10.1. The molecule has 0 saturated heterocycles. The van der Waals surface area contributed by atoms with Crippen LogP contribution in [-0.2, 0) is 16.1 Å². The highest BCUT2D eigenvalue weighted by molar-refractivity contribution is 5.72. The van der Waals surface area contributed by atoms with Gasteiger partial charge >= 0.3 is 5.97 Å². The average Bonchev–Trinajstić information content (AvgIpc) is 2.49. The molecule has 0 amide bonds. The van der Waals surface area contributed by atoms with Crippen LogP contribution < -0.4 is 5.32 Å². The molecule has 0 unspecified atom stereocenters. The van der Waals surface area contributed by atoms with Gasteiger partial charge in [-0.2, -0.15) is 0 Å². The molecule has 21 heavy (non-hydrogen) atoms. The summed E-state index contributed by atoms with van der Waals surface area (Å²) < 4.78 is 5.12. The maximum atomic E-state index is 11.7. The molecule has 0 atom stereocenters. The highest BCUT2D eigenvalue weighted by Gasteiger charge is 2.26. The lowest BCUT2D eigenvalue weighted by Crippen LogP contribution is -2.35. The lowest BCUT2D eigenvalue weighted by atomic mass is 9.86. The highest BCUT2D eigenvalue weighted by Crippen LogP contribution is 2.25. The fourth-order valence-corrected chi connectivity index (χ4v) is 3.05. The first-order valence-electron chi connectivity index (χ1n) is 8.07. The van der Waals surface area contributed by atoms with Gasteiger partial charge in [0.05, 0.1) is 12.5 Å². The molecular weight excluding hydrogens is 262 g/mol. The molecule has 3 nitrogen and oxygen atoms in total. The number of benzene rings is 1. The largest absolute Gasteiger partial charge is 0.466 e. The Balaban J connectivity index is 1.79. The van der Waals surface area contributed by atoms with Crippen molar-refractivity contribution < 1.29 is 9.53 Å². The van der Waals surface area contributed by atoms with Crippen molar-refractivity contribution in [2.45, 2.75) is 59.0 Å². The third-order valence-electron chi connectivity index (χ3n) is 4.65. The van der Waals surface area contributed by atoms with Crippen LogP contribution in [0.5, 0.6) is 0 Å². The van der Waals surface area contributed by atoms with E-state index in [2.05, 4.69) is 37.4 Å². The summed E-state index contributed by atoms with van der Waals surface area (Å²) in [4.78, 5) is 11.7. The van der Waals surface area contributed by atoms with Crippen LogP contribution in [0.3, 0.4) is 0 Å². The summed E-state index contributed by atoms with van der Waals surface area (Å²) in [6.45, 7) is 7.62. The van der Waals surface area contributed by atoms with Crippen LogP contribution in [0.25, 0.3) is 0 Å². The summed E-state index contributed by atoms with van der Waals surface area (Å²) in [5.41, 5.74) is 4.10. The summed E-state index contributed by atoms with van der Waals surface area (Å²) in [5.74, 6) is 0.106. The third kappa shape index (κ3) is 4.31. The van der Waals surface area contributed by atoms with Gasteiger partial charge in [0.15, 0.2) is 0 Å². The standard InChI is InChI=1S/C18H27NO2/c1-4-21-18(20)15-8-10-17(11-9-15)19-12-16-7-5-6-13(2)14(16)3/h5-7,15,17,19H,4,8-12H2,1-3H3. The molecule has 0 bridgehead atoms. The van der Waals surface area contributed by atoms with Crippen LogP contribution in [-0.4, -0.2) is 18.6 Å². The minimum atomic E-state index is -0.00882. The van der Waals surface area contributed by atoms with E-state index in [4.69, 9.17) is 4.74 Å². The molecule has 116 valence electrons. The maximum absolute atomic E-state index is 11.7. The van der Waals surface area contributed by atoms with Crippen molar-refractivity contribution in [3.8, 4) is 0 Å². The second kappa shape index (κ2) is 7.60. The molecule has 0 aliphatic heterocycles. The molecular formula is C18H27NO2. The van der Waals surface area contributed by atoms with E-state index in [0.717, 1.165) is 32.2 Å². The summed E-state index contributed by atoms with van der Waals surface area (Å²) in [6.07, 6.45) is 4.02. The van der Waals surface area contributed by atoms with Crippen molar-refractivity contribution in [2.24, 2.45) is 5.92 Å². The second-order valence-electron chi connectivity index (χ2n) is 6.04. The van der Waals surface area contributed by atoms with Crippen molar-refractivity contribution in [1.29, 1.82) is 0 Å². The SMILES string of the molecule is CCOC(=O)C1CCC(NCc2cccc(C)c2C)CC1. The Hall–Kier alpha value is -1.35. The molecule has 1 aliphatic rings. The van der Waals surface area contributed by atoms with Crippen LogP contribution in [0.2, 0.25) is 0 Å². The van der Waals surface area contributed by atoms with E-state index >= 15 is 0 Å². The Kier molecular flexibility index (Phi) is 5.80. The molecule has 3 heteroatoms. The second-order valence-corrected chi connectivity index (χ2v) is 6.04. The third-order valence-corrected chi connectivity index (χ3v) is 4.65.